The number of nitrogens with zero attached hydrogens (tertiary/aromatic N) is 2. The lowest BCUT2D eigenvalue weighted by Crippen LogP contribution is -2.32. The Bertz CT molecular complexity index is 768. The molecular weight excluding hydrogens is 308 g/mol. The van der Waals surface area contributed by atoms with Crippen LogP contribution in [0.4, 0.5) is 0 Å². The van der Waals surface area contributed by atoms with Gasteiger partial charge in [-0.25, -0.2) is 4.98 Å². The lowest BCUT2D eigenvalue weighted by Gasteiger charge is -2.20. The first-order valence-corrected chi connectivity index (χ1v) is 8.32. The van der Waals surface area contributed by atoms with E-state index in [2.05, 4.69) is 4.98 Å². The number of carbonyl (C=O) groups is 1. The lowest BCUT2D eigenvalue weighted by atomic mass is 10.2. The molecule has 1 heterocycles. The maximum Gasteiger partial charge on any atom is 0.257 e. The second-order valence-electron chi connectivity index (χ2n) is 5.39. The third kappa shape index (κ3) is 3.74. The molecule has 1 amide bonds. The quantitative estimate of drug-likeness (QED) is 0.666. The zero-order valence-electron chi connectivity index (χ0n) is 13.1. The monoisotopic (exact) mass is 326 g/mol. The lowest BCUT2D eigenvalue weighted by molar-refractivity contribution is -0.129. The maximum absolute atomic E-state index is 12.5. The van der Waals surface area contributed by atoms with Gasteiger partial charge >= 0.3 is 0 Å². The van der Waals surface area contributed by atoms with Crippen molar-refractivity contribution >= 4 is 28.8 Å². The predicted octanol–water partition coefficient (Wildman–Crippen LogP) is 3.97. The van der Waals surface area contributed by atoms with E-state index in [0.717, 1.165) is 16.7 Å². The highest BCUT2D eigenvalue weighted by molar-refractivity contribution is 8.00. The van der Waals surface area contributed by atoms with Gasteiger partial charge in [-0.15, -0.1) is 0 Å². The van der Waals surface area contributed by atoms with Gasteiger partial charge in [-0.2, -0.15) is 0 Å². The average Bonchev–Trinajstić information content (AvgIpc) is 2.97. The fourth-order valence-electron chi connectivity index (χ4n) is 2.35. The largest absolute Gasteiger partial charge is 0.431 e. The summed E-state index contributed by atoms with van der Waals surface area (Å²) in [6.45, 7) is 2.47. The molecule has 1 atom stereocenters. The van der Waals surface area contributed by atoms with Crippen molar-refractivity contribution in [2.75, 3.05) is 7.05 Å². The Hall–Kier alpha value is -2.27. The third-order valence-corrected chi connectivity index (χ3v) is 4.47. The first-order valence-electron chi connectivity index (χ1n) is 7.44. The highest BCUT2D eigenvalue weighted by Gasteiger charge is 2.21. The standard InChI is InChI=1S/C18H18N2O2S/c1-13(17(21)20(2)12-14-8-4-3-5-9-14)23-18-19-15-10-6-7-11-16(15)22-18/h3-11,13H,12H2,1-2H3/t13-/m0/s1. The van der Waals surface area contributed by atoms with Crippen LogP contribution in [0.3, 0.4) is 0 Å². The van der Waals surface area contributed by atoms with E-state index in [1.54, 1.807) is 4.90 Å². The van der Waals surface area contributed by atoms with Crippen molar-refractivity contribution in [3.8, 4) is 0 Å². The second-order valence-corrected chi connectivity index (χ2v) is 6.68. The average molecular weight is 326 g/mol. The van der Waals surface area contributed by atoms with Gasteiger partial charge in [0.2, 0.25) is 5.91 Å². The van der Waals surface area contributed by atoms with Crippen molar-refractivity contribution in [3.63, 3.8) is 0 Å². The molecule has 4 nitrogen and oxygen atoms in total. The van der Waals surface area contributed by atoms with Gasteiger partial charge in [-0.1, -0.05) is 54.2 Å². The van der Waals surface area contributed by atoms with E-state index in [-0.39, 0.29) is 11.2 Å². The molecule has 118 valence electrons. The first-order chi connectivity index (χ1) is 11.1. The van der Waals surface area contributed by atoms with Crippen molar-refractivity contribution in [1.82, 2.24) is 9.88 Å². The van der Waals surface area contributed by atoms with E-state index < -0.39 is 0 Å². The minimum atomic E-state index is -0.253. The molecule has 0 N–H and O–H groups in total. The maximum atomic E-state index is 12.5. The second kappa shape index (κ2) is 6.87. The molecule has 0 unspecified atom stereocenters. The van der Waals surface area contributed by atoms with E-state index in [0.29, 0.717) is 11.8 Å². The number of fused-ring (bicyclic) bond motifs is 1. The molecule has 3 aromatic rings. The Labute approximate surface area is 139 Å². The smallest absolute Gasteiger partial charge is 0.257 e. The number of carbonyl (C=O) groups excluding carboxylic acids is 1. The highest BCUT2D eigenvalue weighted by Crippen LogP contribution is 2.27. The molecule has 1 aromatic heterocycles. The molecule has 23 heavy (non-hydrogen) atoms. The predicted molar refractivity (Wildman–Crippen MR) is 92.2 cm³/mol. The molecule has 5 heteroatoms. The number of para-hydroxylation sites is 2. The molecule has 0 fully saturated rings. The summed E-state index contributed by atoms with van der Waals surface area (Å²) in [5.74, 6) is 0.0566. The molecule has 0 radical (unpaired) electrons. The van der Waals surface area contributed by atoms with Gasteiger partial charge in [-0.05, 0) is 24.6 Å². The minimum Gasteiger partial charge on any atom is -0.431 e. The van der Waals surface area contributed by atoms with E-state index in [1.165, 1.54) is 11.8 Å². The van der Waals surface area contributed by atoms with E-state index in [9.17, 15) is 4.79 Å². The molecular formula is C18H18N2O2S. The fourth-order valence-corrected chi connectivity index (χ4v) is 3.22. The van der Waals surface area contributed by atoms with Gasteiger partial charge in [0.15, 0.2) is 5.58 Å². The third-order valence-electron chi connectivity index (χ3n) is 3.54. The van der Waals surface area contributed by atoms with E-state index >= 15 is 0 Å². The fraction of sp³-hybridized carbons (Fsp3) is 0.222. The van der Waals surface area contributed by atoms with Crippen molar-refractivity contribution in [1.29, 1.82) is 0 Å². The van der Waals surface area contributed by atoms with Crippen molar-refractivity contribution in [2.45, 2.75) is 23.9 Å². The van der Waals surface area contributed by atoms with Crippen LogP contribution in [0.15, 0.2) is 64.2 Å². The van der Waals surface area contributed by atoms with Crippen LogP contribution >= 0.6 is 11.8 Å². The Balaban J connectivity index is 1.64. The summed E-state index contributed by atoms with van der Waals surface area (Å²) in [6, 6.07) is 17.6. The van der Waals surface area contributed by atoms with Gasteiger partial charge in [0.25, 0.3) is 5.22 Å². The molecule has 0 saturated heterocycles. The van der Waals surface area contributed by atoms with Crippen LogP contribution in [0, 0.1) is 0 Å². The van der Waals surface area contributed by atoms with E-state index in [4.69, 9.17) is 4.42 Å². The molecule has 0 spiro atoms. The van der Waals surface area contributed by atoms with Gasteiger partial charge in [0, 0.05) is 13.6 Å². The van der Waals surface area contributed by atoms with Gasteiger partial charge in [0.05, 0.1) is 5.25 Å². The van der Waals surface area contributed by atoms with Gasteiger partial charge in [0.1, 0.15) is 5.52 Å². The molecule has 0 aliphatic heterocycles. The number of rotatable bonds is 5. The van der Waals surface area contributed by atoms with Crippen molar-refractivity contribution < 1.29 is 9.21 Å². The van der Waals surface area contributed by atoms with Crippen LogP contribution < -0.4 is 0 Å². The van der Waals surface area contributed by atoms with Gasteiger partial charge in [-0.3, -0.25) is 4.79 Å². The van der Waals surface area contributed by atoms with Crippen LogP contribution in [-0.2, 0) is 11.3 Å². The van der Waals surface area contributed by atoms with Crippen molar-refractivity contribution in [3.05, 3.63) is 60.2 Å². The Morgan fingerprint density at radius 3 is 2.61 bits per heavy atom. The number of oxazole rings is 1. The Morgan fingerprint density at radius 2 is 1.87 bits per heavy atom. The number of hydrogen-bond acceptors (Lipinski definition) is 4. The summed E-state index contributed by atoms with van der Waals surface area (Å²) in [7, 11) is 1.82. The summed E-state index contributed by atoms with van der Waals surface area (Å²) in [6.07, 6.45) is 0. The number of aromatic nitrogens is 1. The first kappa shape index (κ1) is 15.6. The van der Waals surface area contributed by atoms with Crippen LogP contribution in [0.1, 0.15) is 12.5 Å². The summed E-state index contributed by atoms with van der Waals surface area (Å²) < 4.78 is 5.67. The van der Waals surface area contributed by atoms with Crippen LogP contribution in [-0.4, -0.2) is 28.1 Å². The summed E-state index contributed by atoms with van der Waals surface area (Å²) in [5.41, 5.74) is 2.67. The zero-order chi connectivity index (χ0) is 16.2. The van der Waals surface area contributed by atoms with E-state index in [1.807, 2.05) is 68.6 Å². The summed E-state index contributed by atoms with van der Waals surface area (Å²) in [4.78, 5) is 18.6. The molecule has 0 aliphatic rings. The number of hydrogen-bond donors (Lipinski definition) is 0. The molecule has 0 saturated carbocycles. The van der Waals surface area contributed by atoms with Gasteiger partial charge < -0.3 is 9.32 Å². The molecule has 0 aliphatic carbocycles. The number of thioether (sulfide) groups is 1. The van der Waals surface area contributed by atoms with Crippen LogP contribution in [0.25, 0.3) is 11.1 Å². The minimum absolute atomic E-state index is 0.0566. The van der Waals surface area contributed by atoms with Crippen LogP contribution in [0.2, 0.25) is 0 Å². The molecule has 3 rings (SSSR count). The summed E-state index contributed by atoms with van der Waals surface area (Å²) in [5, 5.41) is 0.275. The Morgan fingerprint density at radius 1 is 1.17 bits per heavy atom. The Kier molecular flexibility index (Phi) is 4.67. The number of benzene rings is 2. The molecule has 2 aromatic carbocycles. The zero-order valence-corrected chi connectivity index (χ0v) is 13.9. The number of amides is 1. The van der Waals surface area contributed by atoms with Crippen molar-refractivity contribution in [2.24, 2.45) is 0 Å². The normalized spacial score (nSPS) is 12.3. The highest BCUT2D eigenvalue weighted by atomic mass is 32.2. The van der Waals surface area contributed by atoms with Crippen LogP contribution in [0.5, 0.6) is 0 Å². The molecule has 0 bridgehead atoms. The summed E-state index contributed by atoms with van der Waals surface area (Å²) >= 11 is 1.35. The SMILES string of the molecule is C[C@H](Sc1nc2ccccc2o1)C(=O)N(C)Cc1ccccc1. The topological polar surface area (TPSA) is 46.3 Å².